The van der Waals surface area contributed by atoms with Gasteiger partial charge in [0.15, 0.2) is 0 Å². The van der Waals surface area contributed by atoms with Crippen LogP contribution in [0.4, 0.5) is 0 Å². The highest BCUT2D eigenvalue weighted by Crippen LogP contribution is 2.32. The number of nitrogens with zero attached hydrogens (tertiary/aromatic N) is 2. The molecule has 1 aliphatic heterocycles. The zero-order chi connectivity index (χ0) is 14.7. The van der Waals surface area contributed by atoms with Crippen molar-refractivity contribution in [3.05, 3.63) is 0 Å². The van der Waals surface area contributed by atoms with Crippen LogP contribution in [-0.4, -0.2) is 54.3 Å². The van der Waals surface area contributed by atoms with Crippen LogP contribution in [0.5, 0.6) is 0 Å². The van der Waals surface area contributed by atoms with Gasteiger partial charge in [0.2, 0.25) is 0 Å². The Labute approximate surface area is 124 Å². The van der Waals surface area contributed by atoms with E-state index in [9.17, 15) is 4.79 Å². The van der Waals surface area contributed by atoms with E-state index in [1.54, 1.807) is 0 Å². The number of piperazine rings is 1. The van der Waals surface area contributed by atoms with E-state index in [-0.39, 0.29) is 0 Å². The summed E-state index contributed by atoms with van der Waals surface area (Å²) in [6, 6.07) is 0.633. The largest absolute Gasteiger partial charge is 0.300 e. The fraction of sp³-hybridized carbons (Fsp3) is 0.941. The molecule has 0 spiro atoms. The van der Waals surface area contributed by atoms with Crippen LogP contribution in [0.15, 0.2) is 0 Å². The lowest BCUT2D eigenvalue weighted by molar-refractivity contribution is -0.127. The number of Topliss-reactive ketones (excluding diaryl/α,β-unsaturated/α-hetero) is 1. The highest BCUT2D eigenvalue weighted by molar-refractivity contribution is 5.82. The van der Waals surface area contributed by atoms with Gasteiger partial charge < -0.3 is 0 Å². The van der Waals surface area contributed by atoms with Crippen molar-refractivity contribution in [1.29, 1.82) is 0 Å². The van der Waals surface area contributed by atoms with Gasteiger partial charge in [0.25, 0.3) is 0 Å². The average Bonchev–Trinajstić information content (AvgIpc) is 2.41. The molecule has 2 rings (SSSR count). The first kappa shape index (κ1) is 16.0. The second-order valence-electron chi connectivity index (χ2n) is 7.18. The van der Waals surface area contributed by atoms with E-state index in [1.165, 1.54) is 0 Å². The minimum Gasteiger partial charge on any atom is -0.300 e. The summed E-state index contributed by atoms with van der Waals surface area (Å²) in [5.74, 6) is 2.30. The summed E-state index contributed by atoms with van der Waals surface area (Å²) in [6.45, 7) is 14.7. The lowest BCUT2D eigenvalue weighted by atomic mass is 9.75. The summed E-state index contributed by atoms with van der Waals surface area (Å²) < 4.78 is 0. The first-order valence-electron chi connectivity index (χ1n) is 8.50. The van der Waals surface area contributed by atoms with Gasteiger partial charge in [-0.2, -0.15) is 0 Å². The summed E-state index contributed by atoms with van der Waals surface area (Å²) in [7, 11) is 0. The van der Waals surface area contributed by atoms with Crippen LogP contribution < -0.4 is 0 Å². The molecule has 1 aliphatic carbocycles. The van der Waals surface area contributed by atoms with Crippen LogP contribution in [0.1, 0.15) is 47.0 Å². The SMILES string of the molecule is CCN1CCN(CC2CC(C(C)C)CCC2=O)CC1C. The maximum Gasteiger partial charge on any atom is 0.137 e. The molecule has 1 saturated carbocycles. The molecule has 0 aromatic carbocycles. The van der Waals surface area contributed by atoms with Crippen molar-refractivity contribution >= 4 is 5.78 Å². The van der Waals surface area contributed by atoms with E-state index in [1.807, 2.05) is 0 Å². The second kappa shape index (κ2) is 7.04. The van der Waals surface area contributed by atoms with Gasteiger partial charge in [-0.3, -0.25) is 14.6 Å². The van der Waals surface area contributed by atoms with Crippen molar-refractivity contribution in [2.45, 2.75) is 53.0 Å². The van der Waals surface area contributed by atoms with E-state index >= 15 is 0 Å². The minimum absolute atomic E-state index is 0.302. The molecule has 2 fully saturated rings. The van der Waals surface area contributed by atoms with Gasteiger partial charge in [0, 0.05) is 44.6 Å². The third kappa shape index (κ3) is 3.82. The molecular weight excluding hydrogens is 248 g/mol. The molecule has 0 bridgehead atoms. The molecule has 0 aromatic heterocycles. The van der Waals surface area contributed by atoms with Gasteiger partial charge in [0.1, 0.15) is 5.78 Å². The van der Waals surface area contributed by atoms with Crippen molar-refractivity contribution in [2.75, 3.05) is 32.7 Å². The number of likely N-dealkylation sites (N-methyl/N-ethyl adjacent to an activating group) is 1. The van der Waals surface area contributed by atoms with E-state index in [2.05, 4.69) is 37.5 Å². The highest BCUT2D eigenvalue weighted by Gasteiger charge is 2.32. The number of ketones is 1. The normalized spacial score (nSPS) is 33.9. The van der Waals surface area contributed by atoms with Crippen LogP contribution in [0.25, 0.3) is 0 Å². The molecule has 1 saturated heterocycles. The molecule has 1 heterocycles. The Morgan fingerprint density at radius 2 is 2.05 bits per heavy atom. The molecule has 2 aliphatic rings. The molecule has 3 nitrogen and oxygen atoms in total. The maximum atomic E-state index is 12.2. The Balaban J connectivity index is 1.87. The highest BCUT2D eigenvalue weighted by atomic mass is 16.1. The van der Waals surface area contributed by atoms with Crippen LogP contribution in [0.2, 0.25) is 0 Å². The van der Waals surface area contributed by atoms with Gasteiger partial charge in [-0.1, -0.05) is 20.8 Å². The number of hydrogen-bond donors (Lipinski definition) is 0. The number of rotatable bonds is 4. The standard InChI is InChI=1S/C17H32N2O/c1-5-19-9-8-18(11-14(19)4)12-16-10-15(13(2)3)6-7-17(16)20/h13-16H,5-12H2,1-4H3. The Morgan fingerprint density at radius 3 is 2.65 bits per heavy atom. The van der Waals surface area contributed by atoms with Gasteiger partial charge in [0.05, 0.1) is 0 Å². The lowest BCUT2D eigenvalue weighted by Crippen LogP contribution is -2.53. The van der Waals surface area contributed by atoms with Crippen molar-refractivity contribution in [2.24, 2.45) is 17.8 Å². The van der Waals surface area contributed by atoms with E-state index < -0.39 is 0 Å². The summed E-state index contributed by atoms with van der Waals surface area (Å²) in [4.78, 5) is 17.3. The molecule has 0 aromatic rings. The van der Waals surface area contributed by atoms with Crippen LogP contribution >= 0.6 is 0 Å². The summed E-state index contributed by atoms with van der Waals surface area (Å²) in [6.07, 6.45) is 3.06. The van der Waals surface area contributed by atoms with Crippen molar-refractivity contribution in [3.8, 4) is 0 Å². The Hall–Kier alpha value is -0.410. The molecule has 116 valence electrons. The maximum absolute atomic E-state index is 12.2. The molecular formula is C17H32N2O. The summed E-state index contributed by atoms with van der Waals surface area (Å²) in [5, 5.41) is 0. The molecule has 0 N–H and O–H groups in total. The molecule has 20 heavy (non-hydrogen) atoms. The molecule has 0 amide bonds. The third-order valence-corrected chi connectivity index (χ3v) is 5.48. The minimum atomic E-state index is 0.302. The molecule has 3 unspecified atom stereocenters. The first-order valence-corrected chi connectivity index (χ1v) is 8.50. The Morgan fingerprint density at radius 1 is 1.30 bits per heavy atom. The van der Waals surface area contributed by atoms with Gasteiger partial charge >= 0.3 is 0 Å². The Kier molecular flexibility index (Phi) is 5.62. The average molecular weight is 280 g/mol. The number of carbonyl (C=O) groups is 1. The molecule has 0 radical (unpaired) electrons. The predicted octanol–water partition coefficient (Wildman–Crippen LogP) is 2.65. The van der Waals surface area contributed by atoms with E-state index in [0.29, 0.717) is 17.7 Å². The monoisotopic (exact) mass is 280 g/mol. The van der Waals surface area contributed by atoms with E-state index in [4.69, 9.17) is 0 Å². The van der Waals surface area contributed by atoms with Crippen LogP contribution in [-0.2, 0) is 4.79 Å². The molecule has 3 heteroatoms. The van der Waals surface area contributed by atoms with Gasteiger partial charge in [-0.15, -0.1) is 0 Å². The van der Waals surface area contributed by atoms with Crippen molar-refractivity contribution < 1.29 is 4.79 Å². The van der Waals surface area contributed by atoms with Crippen molar-refractivity contribution in [1.82, 2.24) is 9.80 Å². The fourth-order valence-corrected chi connectivity index (χ4v) is 3.95. The predicted molar refractivity (Wildman–Crippen MR) is 83.8 cm³/mol. The van der Waals surface area contributed by atoms with Crippen LogP contribution in [0.3, 0.4) is 0 Å². The lowest BCUT2D eigenvalue weighted by Gasteiger charge is -2.41. The third-order valence-electron chi connectivity index (χ3n) is 5.48. The van der Waals surface area contributed by atoms with E-state index in [0.717, 1.165) is 63.8 Å². The molecule has 3 atom stereocenters. The van der Waals surface area contributed by atoms with Gasteiger partial charge in [-0.25, -0.2) is 0 Å². The second-order valence-corrected chi connectivity index (χ2v) is 7.18. The van der Waals surface area contributed by atoms with Crippen LogP contribution in [0, 0.1) is 17.8 Å². The zero-order valence-corrected chi connectivity index (χ0v) is 13.8. The summed E-state index contributed by atoms with van der Waals surface area (Å²) >= 11 is 0. The fourth-order valence-electron chi connectivity index (χ4n) is 3.95. The summed E-state index contributed by atoms with van der Waals surface area (Å²) in [5.41, 5.74) is 0. The Bertz CT molecular complexity index is 329. The smallest absolute Gasteiger partial charge is 0.137 e. The first-order chi connectivity index (χ1) is 9.51. The number of hydrogen-bond acceptors (Lipinski definition) is 3. The van der Waals surface area contributed by atoms with Crippen molar-refractivity contribution in [3.63, 3.8) is 0 Å². The zero-order valence-electron chi connectivity index (χ0n) is 13.8. The quantitative estimate of drug-likeness (QED) is 0.791. The number of carbonyl (C=O) groups excluding carboxylic acids is 1. The topological polar surface area (TPSA) is 23.6 Å². The van der Waals surface area contributed by atoms with Gasteiger partial charge in [-0.05, 0) is 38.1 Å².